The molecule has 2 unspecified atom stereocenters. The third-order valence-electron chi connectivity index (χ3n) is 5.49. The van der Waals surface area contributed by atoms with E-state index in [1.165, 1.54) is 57.8 Å². The van der Waals surface area contributed by atoms with Crippen LogP contribution in [0.3, 0.4) is 0 Å². The van der Waals surface area contributed by atoms with E-state index in [9.17, 15) is 0 Å². The lowest BCUT2D eigenvalue weighted by Crippen LogP contribution is -2.20. The standard InChI is InChI=1S/C16H30O/c1-2-13-5-10-16(12-13)15-8-6-14(7-9-15)4-3-11-17/h13-17H,2-12H2,1H3. The molecule has 0 spiro atoms. The van der Waals surface area contributed by atoms with Crippen LogP contribution in [0.5, 0.6) is 0 Å². The lowest BCUT2D eigenvalue weighted by Gasteiger charge is -2.32. The Labute approximate surface area is 107 Å². The van der Waals surface area contributed by atoms with E-state index in [1.807, 2.05) is 0 Å². The average Bonchev–Trinajstić information content (AvgIpc) is 2.86. The van der Waals surface area contributed by atoms with Crippen LogP contribution in [-0.4, -0.2) is 11.7 Å². The van der Waals surface area contributed by atoms with Crippen molar-refractivity contribution in [3.63, 3.8) is 0 Å². The Hall–Kier alpha value is -0.0400. The third kappa shape index (κ3) is 3.71. The lowest BCUT2D eigenvalue weighted by atomic mass is 9.74. The van der Waals surface area contributed by atoms with Crippen molar-refractivity contribution in [1.29, 1.82) is 0 Å². The number of aliphatic hydroxyl groups excluding tert-OH is 1. The van der Waals surface area contributed by atoms with Crippen LogP contribution in [0.25, 0.3) is 0 Å². The molecule has 2 fully saturated rings. The first-order valence-electron chi connectivity index (χ1n) is 7.94. The fourth-order valence-corrected chi connectivity index (χ4v) is 4.24. The van der Waals surface area contributed by atoms with Gasteiger partial charge in [0.1, 0.15) is 0 Å². The maximum Gasteiger partial charge on any atom is 0.0431 e. The second kappa shape index (κ2) is 6.78. The number of hydrogen-bond acceptors (Lipinski definition) is 1. The molecule has 2 aliphatic carbocycles. The zero-order chi connectivity index (χ0) is 12.1. The Morgan fingerprint density at radius 2 is 1.53 bits per heavy atom. The molecule has 17 heavy (non-hydrogen) atoms. The quantitative estimate of drug-likeness (QED) is 0.753. The second-order valence-electron chi connectivity index (χ2n) is 6.49. The van der Waals surface area contributed by atoms with E-state index in [0.29, 0.717) is 6.61 Å². The van der Waals surface area contributed by atoms with E-state index in [-0.39, 0.29) is 0 Å². The van der Waals surface area contributed by atoms with Crippen molar-refractivity contribution in [2.75, 3.05) is 6.61 Å². The molecule has 2 saturated carbocycles. The topological polar surface area (TPSA) is 20.2 Å². The van der Waals surface area contributed by atoms with Crippen LogP contribution in [0.4, 0.5) is 0 Å². The first kappa shape index (κ1) is 13.4. The van der Waals surface area contributed by atoms with Crippen molar-refractivity contribution in [3.8, 4) is 0 Å². The minimum Gasteiger partial charge on any atom is -0.396 e. The van der Waals surface area contributed by atoms with E-state index >= 15 is 0 Å². The molecule has 0 aromatic rings. The van der Waals surface area contributed by atoms with Gasteiger partial charge in [-0.05, 0) is 62.2 Å². The summed E-state index contributed by atoms with van der Waals surface area (Å²) in [5, 5.41) is 8.88. The van der Waals surface area contributed by atoms with Crippen molar-refractivity contribution in [3.05, 3.63) is 0 Å². The molecule has 0 heterocycles. The smallest absolute Gasteiger partial charge is 0.0431 e. The summed E-state index contributed by atoms with van der Waals surface area (Å²) in [6, 6.07) is 0. The lowest BCUT2D eigenvalue weighted by molar-refractivity contribution is 0.185. The summed E-state index contributed by atoms with van der Waals surface area (Å²) in [4.78, 5) is 0. The molecule has 0 saturated heterocycles. The van der Waals surface area contributed by atoms with E-state index in [2.05, 4.69) is 6.92 Å². The van der Waals surface area contributed by atoms with Gasteiger partial charge >= 0.3 is 0 Å². The van der Waals surface area contributed by atoms with Gasteiger partial charge in [0.15, 0.2) is 0 Å². The van der Waals surface area contributed by atoms with Crippen molar-refractivity contribution < 1.29 is 5.11 Å². The highest BCUT2D eigenvalue weighted by Crippen LogP contribution is 2.44. The molecule has 1 heteroatoms. The van der Waals surface area contributed by atoms with Crippen LogP contribution in [0.1, 0.15) is 71.1 Å². The zero-order valence-electron chi connectivity index (χ0n) is 11.5. The minimum atomic E-state index is 0.390. The van der Waals surface area contributed by atoms with Gasteiger partial charge in [0.05, 0.1) is 0 Å². The largest absolute Gasteiger partial charge is 0.396 e. The van der Waals surface area contributed by atoms with Gasteiger partial charge in [0.25, 0.3) is 0 Å². The van der Waals surface area contributed by atoms with Crippen LogP contribution < -0.4 is 0 Å². The predicted molar refractivity (Wildman–Crippen MR) is 72.9 cm³/mol. The highest BCUT2D eigenvalue weighted by Gasteiger charge is 2.32. The van der Waals surface area contributed by atoms with E-state index < -0.39 is 0 Å². The monoisotopic (exact) mass is 238 g/mol. The van der Waals surface area contributed by atoms with Crippen LogP contribution in [0.2, 0.25) is 0 Å². The van der Waals surface area contributed by atoms with Crippen molar-refractivity contribution in [2.24, 2.45) is 23.7 Å². The van der Waals surface area contributed by atoms with Gasteiger partial charge in [0, 0.05) is 6.61 Å². The van der Waals surface area contributed by atoms with Crippen LogP contribution in [0, 0.1) is 23.7 Å². The van der Waals surface area contributed by atoms with E-state index in [1.54, 1.807) is 0 Å². The normalized spacial score (nSPS) is 38.5. The molecule has 2 rings (SSSR count). The number of rotatable bonds is 5. The van der Waals surface area contributed by atoms with Crippen molar-refractivity contribution >= 4 is 0 Å². The van der Waals surface area contributed by atoms with E-state index in [0.717, 1.165) is 30.1 Å². The Balaban J connectivity index is 1.68. The molecule has 2 aliphatic rings. The van der Waals surface area contributed by atoms with Gasteiger partial charge in [-0.1, -0.05) is 32.6 Å². The fraction of sp³-hybridized carbons (Fsp3) is 1.00. The maximum absolute atomic E-state index is 8.88. The summed E-state index contributed by atoms with van der Waals surface area (Å²) in [7, 11) is 0. The number of aliphatic hydroxyl groups is 1. The van der Waals surface area contributed by atoms with Crippen molar-refractivity contribution in [1.82, 2.24) is 0 Å². The first-order chi connectivity index (χ1) is 8.33. The van der Waals surface area contributed by atoms with Crippen molar-refractivity contribution in [2.45, 2.75) is 71.1 Å². The summed E-state index contributed by atoms with van der Waals surface area (Å²) in [6.45, 7) is 2.75. The molecule has 0 amide bonds. The second-order valence-corrected chi connectivity index (χ2v) is 6.49. The predicted octanol–water partition coefficient (Wildman–Crippen LogP) is 4.39. The zero-order valence-corrected chi connectivity index (χ0v) is 11.5. The molecule has 0 aromatic carbocycles. The molecule has 0 radical (unpaired) electrons. The highest BCUT2D eigenvalue weighted by atomic mass is 16.2. The van der Waals surface area contributed by atoms with Gasteiger partial charge in [-0.2, -0.15) is 0 Å². The average molecular weight is 238 g/mol. The Kier molecular flexibility index (Phi) is 5.34. The Morgan fingerprint density at radius 1 is 0.882 bits per heavy atom. The SMILES string of the molecule is CCC1CCC(C2CCC(CCCO)CC2)C1. The summed E-state index contributed by atoms with van der Waals surface area (Å²) < 4.78 is 0. The molecule has 0 aliphatic heterocycles. The summed E-state index contributed by atoms with van der Waals surface area (Å²) in [5.74, 6) is 4.10. The van der Waals surface area contributed by atoms with Crippen LogP contribution in [-0.2, 0) is 0 Å². The third-order valence-corrected chi connectivity index (χ3v) is 5.49. The maximum atomic E-state index is 8.88. The van der Waals surface area contributed by atoms with Crippen LogP contribution in [0.15, 0.2) is 0 Å². The molecule has 100 valence electrons. The summed E-state index contributed by atoms with van der Waals surface area (Å²) in [6.07, 6.45) is 14.1. The van der Waals surface area contributed by atoms with Gasteiger partial charge in [0.2, 0.25) is 0 Å². The highest BCUT2D eigenvalue weighted by molar-refractivity contribution is 4.83. The molecule has 1 N–H and O–H groups in total. The molecule has 0 bridgehead atoms. The molecule has 2 atom stereocenters. The minimum absolute atomic E-state index is 0.390. The first-order valence-corrected chi connectivity index (χ1v) is 7.94. The molecule has 0 aromatic heterocycles. The Bertz CT molecular complexity index is 206. The molecular formula is C16H30O. The van der Waals surface area contributed by atoms with E-state index in [4.69, 9.17) is 5.11 Å². The van der Waals surface area contributed by atoms with Gasteiger partial charge in [-0.3, -0.25) is 0 Å². The molecular weight excluding hydrogens is 208 g/mol. The number of hydrogen-bond donors (Lipinski definition) is 1. The fourth-order valence-electron chi connectivity index (χ4n) is 4.24. The Morgan fingerprint density at radius 3 is 2.12 bits per heavy atom. The molecule has 1 nitrogen and oxygen atoms in total. The summed E-state index contributed by atoms with van der Waals surface area (Å²) >= 11 is 0. The van der Waals surface area contributed by atoms with Gasteiger partial charge in [-0.25, -0.2) is 0 Å². The van der Waals surface area contributed by atoms with Gasteiger partial charge in [-0.15, -0.1) is 0 Å². The van der Waals surface area contributed by atoms with Gasteiger partial charge < -0.3 is 5.11 Å². The summed E-state index contributed by atoms with van der Waals surface area (Å²) in [5.41, 5.74) is 0. The van der Waals surface area contributed by atoms with Crippen LogP contribution >= 0.6 is 0 Å².